The zero-order valence-corrected chi connectivity index (χ0v) is 16.6. The Morgan fingerprint density at radius 2 is 1.52 bits per heavy atom. The fourth-order valence-corrected chi connectivity index (χ4v) is 2.98. The van der Waals surface area contributed by atoms with E-state index in [1.54, 1.807) is 19.1 Å². The van der Waals surface area contributed by atoms with Crippen LogP contribution in [-0.2, 0) is 7.59 Å². The molecular formula is C12H7Cl6N3OS. The predicted molar refractivity (Wildman–Crippen MR) is 96.2 cm³/mol. The van der Waals surface area contributed by atoms with Crippen LogP contribution in [0.25, 0.3) is 10.7 Å². The molecule has 124 valence electrons. The molecular weight excluding hydrogens is 447 g/mol. The highest BCUT2D eigenvalue weighted by Gasteiger charge is 2.34. The van der Waals surface area contributed by atoms with Gasteiger partial charge >= 0.3 is 0 Å². The van der Waals surface area contributed by atoms with Crippen LogP contribution in [0.3, 0.4) is 0 Å². The van der Waals surface area contributed by atoms with Crippen molar-refractivity contribution in [2.75, 3.05) is 0 Å². The first-order valence-corrected chi connectivity index (χ1v) is 9.14. The molecule has 0 unspecified atom stereocenters. The molecule has 4 nitrogen and oxygen atoms in total. The lowest BCUT2D eigenvalue weighted by Gasteiger charge is -2.15. The first-order valence-electron chi connectivity index (χ1n) is 6.06. The minimum Gasteiger partial charge on any atom is -0.293 e. The van der Waals surface area contributed by atoms with Gasteiger partial charge < -0.3 is 0 Å². The van der Waals surface area contributed by atoms with Crippen molar-refractivity contribution < 1.29 is 4.79 Å². The molecule has 0 aliphatic carbocycles. The van der Waals surface area contributed by atoms with E-state index in [-0.39, 0.29) is 23.3 Å². The summed E-state index contributed by atoms with van der Waals surface area (Å²) in [6, 6.07) is 3.34. The largest absolute Gasteiger partial charge is 0.293 e. The van der Waals surface area contributed by atoms with Crippen molar-refractivity contribution in [2.24, 2.45) is 0 Å². The molecule has 0 amide bonds. The number of thiophene rings is 1. The van der Waals surface area contributed by atoms with Gasteiger partial charge in [0.05, 0.1) is 9.75 Å². The lowest BCUT2D eigenvalue weighted by molar-refractivity contribution is 0.0992. The van der Waals surface area contributed by atoms with Crippen LogP contribution in [-0.4, -0.2) is 20.7 Å². The molecule has 0 saturated heterocycles. The minimum atomic E-state index is -1.91. The molecule has 2 rings (SSSR count). The van der Waals surface area contributed by atoms with E-state index in [9.17, 15) is 4.79 Å². The van der Waals surface area contributed by atoms with Crippen molar-refractivity contribution >= 4 is 86.7 Å². The molecule has 0 N–H and O–H groups in total. The van der Waals surface area contributed by atoms with Crippen LogP contribution in [0.1, 0.15) is 34.7 Å². The van der Waals surface area contributed by atoms with Gasteiger partial charge in [0, 0.05) is 6.42 Å². The maximum Gasteiger partial charge on any atom is 0.250 e. The maximum absolute atomic E-state index is 11.7. The van der Waals surface area contributed by atoms with Gasteiger partial charge in [0.1, 0.15) is 0 Å². The summed E-state index contributed by atoms with van der Waals surface area (Å²) in [5, 5.41) is 0. The van der Waals surface area contributed by atoms with Crippen LogP contribution in [0.5, 0.6) is 0 Å². The maximum atomic E-state index is 11.7. The van der Waals surface area contributed by atoms with Gasteiger partial charge in [-0.2, -0.15) is 0 Å². The Morgan fingerprint density at radius 1 is 1.00 bits per heavy atom. The summed E-state index contributed by atoms with van der Waals surface area (Å²) in [5.74, 6) is -0.197. The fourth-order valence-electron chi connectivity index (χ4n) is 1.52. The van der Waals surface area contributed by atoms with Crippen LogP contribution in [0, 0.1) is 0 Å². The van der Waals surface area contributed by atoms with E-state index in [1.165, 1.54) is 11.3 Å². The standard InChI is InChI=1S/C12H7Cl6N3OS/c1-2-5(22)6-3-4-7(23-6)8-19-9(11(13,14)15)21-10(20-8)12(16,17)18/h3-4H,2H2,1H3. The van der Waals surface area contributed by atoms with Gasteiger partial charge in [0.2, 0.25) is 7.59 Å². The lowest BCUT2D eigenvalue weighted by atomic mass is 10.2. The number of ketones is 1. The number of rotatable bonds is 3. The third kappa shape index (κ3) is 4.82. The Hall–Kier alpha value is 0.120. The number of hydrogen-bond acceptors (Lipinski definition) is 5. The van der Waals surface area contributed by atoms with Gasteiger partial charge in [0.15, 0.2) is 23.3 Å². The fraction of sp³-hybridized carbons (Fsp3) is 0.333. The monoisotopic (exact) mass is 451 g/mol. The summed E-state index contributed by atoms with van der Waals surface area (Å²) in [5.41, 5.74) is 0. The van der Waals surface area contributed by atoms with E-state index < -0.39 is 7.59 Å². The van der Waals surface area contributed by atoms with Crippen LogP contribution in [0.15, 0.2) is 12.1 Å². The van der Waals surface area contributed by atoms with E-state index in [2.05, 4.69) is 15.0 Å². The second-order valence-electron chi connectivity index (χ2n) is 4.24. The van der Waals surface area contributed by atoms with Gasteiger partial charge in [-0.25, -0.2) is 15.0 Å². The number of hydrogen-bond donors (Lipinski definition) is 0. The number of nitrogens with zero attached hydrogens (tertiary/aromatic N) is 3. The van der Waals surface area contributed by atoms with Crippen LogP contribution >= 0.6 is 80.9 Å². The van der Waals surface area contributed by atoms with Crippen LogP contribution < -0.4 is 0 Å². The molecule has 0 atom stereocenters. The number of halogens is 6. The summed E-state index contributed by atoms with van der Waals surface area (Å²) in [6.45, 7) is 1.77. The zero-order valence-electron chi connectivity index (χ0n) is 11.3. The smallest absolute Gasteiger partial charge is 0.250 e. The van der Waals surface area contributed by atoms with Gasteiger partial charge in [-0.3, -0.25) is 4.79 Å². The second-order valence-corrected chi connectivity index (χ2v) is 9.89. The summed E-state index contributed by atoms with van der Waals surface area (Å²) in [7, 11) is 0. The van der Waals surface area contributed by atoms with E-state index in [1.807, 2.05) is 0 Å². The molecule has 23 heavy (non-hydrogen) atoms. The van der Waals surface area contributed by atoms with E-state index in [0.29, 0.717) is 16.2 Å². The predicted octanol–water partition coefficient (Wildman–Crippen LogP) is 5.85. The third-order valence-electron chi connectivity index (χ3n) is 2.56. The highest BCUT2D eigenvalue weighted by molar-refractivity contribution is 7.17. The van der Waals surface area contributed by atoms with Gasteiger partial charge in [-0.05, 0) is 12.1 Å². The molecule has 0 aromatic carbocycles. The van der Waals surface area contributed by atoms with Gasteiger partial charge in [0.25, 0.3) is 0 Å². The second kappa shape index (κ2) is 7.16. The molecule has 0 radical (unpaired) electrons. The molecule has 0 aliphatic heterocycles. The third-order valence-corrected chi connectivity index (χ3v) is 4.70. The van der Waals surface area contributed by atoms with Gasteiger partial charge in [-0.15, -0.1) is 11.3 Å². The number of Topliss-reactive ketones (excluding diaryl/α,β-unsaturated/α-hetero) is 1. The highest BCUT2D eigenvalue weighted by atomic mass is 35.6. The summed E-state index contributed by atoms with van der Waals surface area (Å²) in [6.07, 6.45) is 0.385. The topological polar surface area (TPSA) is 55.7 Å². The number of alkyl halides is 6. The van der Waals surface area contributed by atoms with Crippen molar-refractivity contribution in [1.82, 2.24) is 15.0 Å². The number of aromatic nitrogens is 3. The molecule has 0 fully saturated rings. The summed E-state index contributed by atoms with van der Waals surface area (Å²) < 4.78 is -3.83. The van der Waals surface area contributed by atoms with Crippen LogP contribution in [0.2, 0.25) is 0 Å². The van der Waals surface area contributed by atoms with Crippen molar-refractivity contribution in [3.8, 4) is 10.7 Å². The van der Waals surface area contributed by atoms with E-state index >= 15 is 0 Å². The minimum absolute atomic E-state index is 0.00138. The molecule has 0 aliphatic rings. The number of carbonyl (C=O) groups is 1. The summed E-state index contributed by atoms with van der Waals surface area (Å²) in [4.78, 5) is 24.9. The molecule has 0 bridgehead atoms. The number of carbonyl (C=O) groups excluding carboxylic acids is 1. The lowest BCUT2D eigenvalue weighted by Crippen LogP contribution is -2.16. The summed E-state index contributed by atoms with van der Waals surface area (Å²) >= 11 is 36.1. The highest BCUT2D eigenvalue weighted by Crippen LogP contribution is 2.41. The Bertz CT molecular complexity index is 705. The first-order chi connectivity index (χ1) is 10.5. The Labute approximate surface area is 166 Å². The zero-order chi connectivity index (χ0) is 17.4. The molecule has 0 spiro atoms. The van der Waals surface area contributed by atoms with Crippen LogP contribution in [0.4, 0.5) is 0 Å². The van der Waals surface area contributed by atoms with Crippen molar-refractivity contribution in [1.29, 1.82) is 0 Å². The molecule has 2 aromatic heterocycles. The first kappa shape index (κ1) is 19.4. The van der Waals surface area contributed by atoms with Crippen molar-refractivity contribution in [3.05, 3.63) is 28.7 Å². The normalized spacial score (nSPS) is 12.5. The van der Waals surface area contributed by atoms with Crippen molar-refractivity contribution in [2.45, 2.75) is 20.9 Å². The molecule has 2 aromatic rings. The SMILES string of the molecule is CCC(=O)c1ccc(-c2nc(C(Cl)(Cl)Cl)nc(C(Cl)(Cl)Cl)n2)s1. The van der Waals surface area contributed by atoms with Gasteiger partial charge in [-0.1, -0.05) is 76.5 Å². The van der Waals surface area contributed by atoms with E-state index in [0.717, 1.165) is 0 Å². The average Bonchev–Trinajstić information content (AvgIpc) is 2.94. The van der Waals surface area contributed by atoms with E-state index in [4.69, 9.17) is 69.6 Å². The Balaban J connectivity index is 2.57. The van der Waals surface area contributed by atoms with Crippen molar-refractivity contribution in [3.63, 3.8) is 0 Å². The Morgan fingerprint density at radius 3 is 1.96 bits per heavy atom. The quantitative estimate of drug-likeness (QED) is 0.432. The average molecular weight is 454 g/mol. The molecule has 2 heterocycles. The Kier molecular flexibility index (Phi) is 6.05. The molecule has 0 saturated carbocycles. The molecule has 11 heteroatoms.